The SMILES string of the molecule is Cc1cc(Oc2ccccc2)ccc1C(CCN)N1CCCC1. The van der Waals surface area contributed by atoms with E-state index in [1.54, 1.807) is 0 Å². The van der Waals surface area contributed by atoms with Crippen molar-refractivity contribution in [2.45, 2.75) is 32.2 Å². The van der Waals surface area contributed by atoms with Gasteiger partial charge in [0, 0.05) is 6.04 Å². The highest BCUT2D eigenvalue weighted by atomic mass is 16.5. The van der Waals surface area contributed by atoms with Gasteiger partial charge in [-0.1, -0.05) is 24.3 Å². The lowest BCUT2D eigenvalue weighted by atomic mass is 9.97. The van der Waals surface area contributed by atoms with Gasteiger partial charge in [-0.15, -0.1) is 0 Å². The molecule has 1 fully saturated rings. The van der Waals surface area contributed by atoms with Crippen LogP contribution in [-0.2, 0) is 0 Å². The summed E-state index contributed by atoms with van der Waals surface area (Å²) < 4.78 is 5.94. The van der Waals surface area contributed by atoms with Crippen molar-refractivity contribution in [2.24, 2.45) is 5.73 Å². The Kier molecular flexibility index (Phi) is 5.31. The fourth-order valence-corrected chi connectivity index (χ4v) is 3.46. The maximum atomic E-state index is 5.94. The highest BCUT2D eigenvalue weighted by molar-refractivity contribution is 5.39. The maximum absolute atomic E-state index is 5.94. The van der Waals surface area contributed by atoms with Crippen LogP contribution >= 0.6 is 0 Å². The molecule has 1 aliphatic rings. The Morgan fingerprint density at radius 3 is 2.43 bits per heavy atom. The highest BCUT2D eigenvalue weighted by Crippen LogP contribution is 2.32. The van der Waals surface area contributed by atoms with Gasteiger partial charge in [-0.05, 0) is 81.2 Å². The number of rotatable bonds is 6. The summed E-state index contributed by atoms with van der Waals surface area (Å²) in [5.74, 6) is 1.77. The first-order valence-corrected chi connectivity index (χ1v) is 8.55. The summed E-state index contributed by atoms with van der Waals surface area (Å²) in [5.41, 5.74) is 8.53. The number of nitrogens with zero attached hydrogens (tertiary/aromatic N) is 1. The molecule has 0 spiro atoms. The van der Waals surface area contributed by atoms with E-state index in [9.17, 15) is 0 Å². The molecular weight excluding hydrogens is 284 g/mol. The molecule has 23 heavy (non-hydrogen) atoms. The van der Waals surface area contributed by atoms with Crippen molar-refractivity contribution in [3.05, 3.63) is 59.7 Å². The van der Waals surface area contributed by atoms with Crippen LogP contribution < -0.4 is 10.5 Å². The Balaban J connectivity index is 1.79. The van der Waals surface area contributed by atoms with Crippen LogP contribution in [0.4, 0.5) is 0 Å². The van der Waals surface area contributed by atoms with Gasteiger partial charge >= 0.3 is 0 Å². The van der Waals surface area contributed by atoms with Crippen LogP contribution in [0, 0.1) is 6.92 Å². The summed E-state index contributed by atoms with van der Waals surface area (Å²) in [7, 11) is 0. The Bertz CT molecular complexity index is 621. The van der Waals surface area contributed by atoms with E-state index in [-0.39, 0.29) is 0 Å². The Morgan fingerprint density at radius 2 is 1.78 bits per heavy atom. The second kappa shape index (κ2) is 7.62. The van der Waals surface area contributed by atoms with Gasteiger partial charge in [0.1, 0.15) is 11.5 Å². The van der Waals surface area contributed by atoms with Crippen molar-refractivity contribution in [1.82, 2.24) is 4.90 Å². The van der Waals surface area contributed by atoms with Gasteiger partial charge in [-0.25, -0.2) is 0 Å². The van der Waals surface area contributed by atoms with Crippen LogP contribution in [0.5, 0.6) is 11.5 Å². The third kappa shape index (κ3) is 3.92. The normalized spacial score (nSPS) is 16.4. The molecule has 3 rings (SSSR count). The summed E-state index contributed by atoms with van der Waals surface area (Å²) in [6.07, 6.45) is 3.62. The molecule has 2 aromatic rings. The van der Waals surface area contributed by atoms with Gasteiger partial charge in [0.25, 0.3) is 0 Å². The van der Waals surface area contributed by atoms with E-state index in [0.717, 1.165) is 24.5 Å². The molecule has 3 nitrogen and oxygen atoms in total. The first kappa shape index (κ1) is 16.0. The molecular formula is C20H26N2O. The number of hydrogen-bond donors (Lipinski definition) is 1. The smallest absolute Gasteiger partial charge is 0.127 e. The predicted octanol–water partition coefficient (Wildman–Crippen LogP) is 4.27. The van der Waals surface area contributed by atoms with Crippen molar-refractivity contribution >= 4 is 0 Å². The highest BCUT2D eigenvalue weighted by Gasteiger charge is 2.24. The average Bonchev–Trinajstić information content (AvgIpc) is 3.09. The van der Waals surface area contributed by atoms with Gasteiger partial charge in [-0.2, -0.15) is 0 Å². The first-order chi connectivity index (χ1) is 11.3. The van der Waals surface area contributed by atoms with Crippen LogP contribution in [0.2, 0.25) is 0 Å². The van der Waals surface area contributed by atoms with Crippen molar-refractivity contribution in [3.63, 3.8) is 0 Å². The molecule has 0 bridgehead atoms. The van der Waals surface area contributed by atoms with Crippen molar-refractivity contribution in [3.8, 4) is 11.5 Å². The zero-order valence-corrected chi connectivity index (χ0v) is 13.9. The molecule has 3 heteroatoms. The lowest BCUT2D eigenvalue weighted by Gasteiger charge is -2.29. The first-order valence-electron chi connectivity index (χ1n) is 8.55. The summed E-state index contributed by atoms with van der Waals surface area (Å²) in [4.78, 5) is 2.58. The lowest BCUT2D eigenvalue weighted by Crippen LogP contribution is -2.28. The number of aryl methyl sites for hydroxylation is 1. The van der Waals surface area contributed by atoms with Crippen molar-refractivity contribution < 1.29 is 4.74 Å². The fraction of sp³-hybridized carbons (Fsp3) is 0.400. The molecule has 122 valence electrons. The number of likely N-dealkylation sites (tertiary alicyclic amines) is 1. The quantitative estimate of drug-likeness (QED) is 0.866. The van der Waals surface area contributed by atoms with Crippen LogP contribution in [0.15, 0.2) is 48.5 Å². The van der Waals surface area contributed by atoms with Crippen molar-refractivity contribution in [1.29, 1.82) is 0 Å². The van der Waals surface area contributed by atoms with E-state index in [4.69, 9.17) is 10.5 Å². The van der Waals surface area contributed by atoms with E-state index in [2.05, 4.69) is 30.0 Å². The minimum atomic E-state index is 0.438. The number of nitrogens with two attached hydrogens (primary N) is 1. The predicted molar refractivity (Wildman–Crippen MR) is 94.9 cm³/mol. The zero-order chi connectivity index (χ0) is 16.1. The molecule has 1 heterocycles. The molecule has 1 atom stereocenters. The number of ether oxygens (including phenoxy) is 1. The number of benzene rings is 2. The van der Waals surface area contributed by atoms with Crippen LogP contribution in [0.1, 0.15) is 36.4 Å². The minimum absolute atomic E-state index is 0.438. The van der Waals surface area contributed by atoms with Gasteiger partial charge in [0.05, 0.1) is 0 Å². The molecule has 1 aliphatic heterocycles. The summed E-state index contributed by atoms with van der Waals surface area (Å²) >= 11 is 0. The molecule has 0 radical (unpaired) electrons. The average molecular weight is 310 g/mol. The van der Waals surface area contributed by atoms with Gasteiger partial charge < -0.3 is 10.5 Å². The zero-order valence-electron chi connectivity index (χ0n) is 13.9. The second-order valence-corrected chi connectivity index (χ2v) is 6.27. The molecule has 2 aromatic carbocycles. The fourth-order valence-electron chi connectivity index (χ4n) is 3.46. The Morgan fingerprint density at radius 1 is 1.04 bits per heavy atom. The van der Waals surface area contributed by atoms with E-state index in [1.165, 1.54) is 37.1 Å². The molecule has 1 unspecified atom stereocenters. The molecule has 1 saturated heterocycles. The van der Waals surface area contributed by atoms with E-state index in [0.29, 0.717) is 6.04 Å². The van der Waals surface area contributed by atoms with Crippen molar-refractivity contribution in [2.75, 3.05) is 19.6 Å². The Labute approximate surface area is 139 Å². The maximum Gasteiger partial charge on any atom is 0.127 e. The van der Waals surface area contributed by atoms with E-state index < -0.39 is 0 Å². The second-order valence-electron chi connectivity index (χ2n) is 6.27. The monoisotopic (exact) mass is 310 g/mol. The molecule has 0 saturated carbocycles. The topological polar surface area (TPSA) is 38.5 Å². The molecule has 0 amide bonds. The molecule has 2 N–H and O–H groups in total. The van der Waals surface area contributed by atoms with Gasteiger partial charge in [0.15, 0.2) is 0 Å². The minimum Gasteiger partial charge on any atom is -0.457 e. The largest absolute Gasteiger partial charge is 0.457 e. The summed E-state index contributed by atoms with van der Waals surface area (Å²) in [6.45, 7) is 5.27. The van der Waals surface area contributed by atoms with E-state index in [1.807, 2.05) is 30.3 Å². The molecule has 0 aromatic heterocycles. The standard InChI is InChI=1S/C20H26N2O/c1-16-15-18(23-17-7-3-2-4-8-17)9-10-19(16)20(11-12-21)22-13-5-6-14-22/h2-4,7-10,15,20H,5-6,11-14,21H2,1H3. The molecule has 0 aliphatic carbocycles. The van der Waals surface area contributed by atoms with Gasteiger partial charge in [-0.3, -0.25) is 4.90 Å². The third-order valence-corrected chi connectivity index (χ3v) is 4.60. The van der Waals surface area contributed by atoms with Crippen LogP contribution in [0.25, 0.3) is 0 Å². The van der Waals surface area contributed by atoms with Gasteiger partial charge in [0.2, 0.25) is 0 Å². The van der Waals surface area contributed by atoms with E-state index >= 15 is 0 Å². The Hall–Kier alpha value is -1.84. The van der Waals surface area contributed by atoms with Crippen LogP contribution in [0.3, 0.4) is 0 Å². The summed E-state index contributed by atoms with van der Waals surface area (Å²) in [6, 6.07) is 16.8. The van der Waals surface area contributed by atoms with Crippen LogP contribution in [-0.4, -0.2) is 24.5 Å². The lowest BCUT2D eigenvalue weighted by molar-refractivity contribution is 0.235. The number of hydrogen-bond acceptors (Lipinski definition) is 3. The number of para-hydroxylation sites is 1. The summed E-state index contributed by atoms with van der Waals surface area (Å²) in [5, 5.41) is 0. The third-order valence-electron chi connectivity index (χ3n) is 4.60.